The number of alkyl halides is 2. The highest BCUT2D eigenvalue weighted by molar-refractivity contribution is 5.96. The number of amides is 1. The van der Waals surface area contributed by atoms with Gasteiger partial charge in [0.2, 0.25) is 5.91 Å². The van der Waals surface area contributed by atoms with Gasteiger partial charge in [0, 0.05) is 17.8 Å². The van der Waals surface area contributed by atoms with Crippen molar-refractivity contribution < 1.29 is 28.0 Å². The summed E-state index contributed by atoms with van der Waals surface area (Å²) in [7, 11) is 0. The zero-order valence-corrected chi connectivity index (χ0v) is 14.3. The van der Waals surface area contributed by atoms with Gasteiger partial charge < -0.3 is 20.1 Å². The molecule has 0 saturated carbocycles. The minimum absolute atomic E-state index is 0.110. The van der Waals surface area contributed by atoms with Gasteiger partial charge in [0.15, 0.2) is 11.5 Å². The number of anilines is 2. The van der Waals surface area contributed by atoms with Crippen LogP contribution in [0, 0.1) is 24.0 Å². The lowest BCUT2D eigenvalue weighted by atomic mass is 10.1. The summed E-state index contributed by atoms with van der Waals surface area (Å²) in [4.78, 5) is 22.8. The molecule has 2 aromatic rings. The summed E-state index contributed by atoms with van der Waals surface area (Å²) in [5.41, 5.74) is 1.64. The van der Waals surface area contributed by atoms with E-state index < -0.39 is 17.1 Å². The van der Waals surface area contributed by atoms with Gasteiger partial charge in [0.1, 0.15) is 5.69 Å². The SMILES string of the molecule is Cc1ccc([N+](=O)[O-])c(NC(=O)CNc2ccc3c(c2)OC(F)(F)O3)c1C. The highest BCUT2D eigenvalue weighted by atomic mass is 19.3. The van der Waals surface area contributed by atoms with Crippen LogP contribution in [0.15, 0.2) is 30.3 Å². The highest BCUT2D eigenvalue weighted by Crippen LogP contribution is 2.42. The van der Waals surface area contributed by atoms with Crippen LogP contribution < -0.4 is 20.1 Å². The summed E-state index contributed by atoms with van der Waals surface area (Å²) in [5.74, 6) is -0.800. The van der Waals surface area contributed by atoms with Gasteiger partial charge in [-0.25, -0.2) is 0 Å². The van der Waals surface area contributed by atoms with Crippen molar-refractivity contribution in [2.24, 2.45) is 0 Å². The van der Waals surface area contributed by atoms with Crippen molar-refractivity contribution in [2.45, 2.75) is 20.1 Å². The minimum atomic E-state index is -3.72. The first-order chi connectivity index (χ1) is 12.7. The van der Waals surface area contributed by atoms with E-state index in [1.807, 2.05) is 0 Å². The molecule has 3 rings (SSSR count). The number of nitrogens with one attached hydrogen (secondary N) is 2. The van der Waals surface area contributed by atoms with Crippen LogP contribution in [0.2, 0.25) is 0 Å². The maximum Gasteiger partial charge on any atom is 0.586 e. The summed E-state index contributed by atoms with van der Waals surface area (Å²) in [6, 6.07) is 6.92. The third-order valence-electron chi connectivity index (χ3n) is 4.03. The van der Waals surface area contributed by atoms with Crippen molar-refractivity contribution in [3.63, 3.8) is 0 Å². The van der Waals surface area contributed by atoms with Crippen LogP contribution in [-0.2, 0) is 4.79 Å². The molecular weight excluding hydrogens is 364 g/mol. The van der Waals surface area contributed by atoms with Crippen LogP contribution in [0.25, 0.3) is 0 Å². The molecule has 1 amide bonds. The Morgan fingerprint density at radius 2 is 1.89 bits per heavy atom. The number of nitro groups is 1. The zero-order chi connectivity index (χ0) is 19.8. The summed E-state index contributed by atoms with van der Waals surface area (Å²) in [5, 5.41) is 16.4. The Morgan fingerprint density at radius 1 is 1.19 bits per heavy atom. The second-order valence-electron chi connectivity index (χ2n) is 5.89. The molecule has 10 heteroatoms. The lowest BCUT2D eigenvalue weighted by Crippen LogP contribution is -2.25. The summed E-state index contributed by atoms with van der Waals surface area (Å²) in [6.07, 6.45) is -3.72. The quantitative estimate of drug-likeness (QED) is 0.608. The van der Waals surface area contributed by atoms with Gasteiger partial charge in [0.25, 0.3) is 5.69 Å². The molecule has 0 spiro atoms. The van der Waals surface area contributed by atoms with Gasteiger partial charge in [0.05, 0.1) is 11.5 Å². The molecule has 1 aliphatic heterocycles. The Morgan fingerprint density at radius 3 is 2.59 bits per heavy atom. The van der Waals surface area contributed by atoms with Crippen LogP contribution >= 0.6 is 0 Å². The third kappa shape index (κ3) is 3.89. The molecule has 1 heterocycles. The second kappa shape index (κ2) is 6.71. The molecule has 0 aliphatic carbocycles. The first-order valence-corrected chi connectivity index (χ1v) is 7.84. The van der Waals surface area contributed by atoms with Crippen LogP contribution in [0.1, 0.15) is 11.1 Å². The number of benzene rings is 2. The van der Waals surface area contributed by atoms with E-state index in [1.54, 1.807) is 19.9 Å². The average molecular weight is 379 g/mol. The van der Waals surface area contributed by atoms with Crippen molar-refractivity contribution in [2.75, 3.05) is 17.2 Å². The molecule has 0 atom stereocenters. The van der Waals surface area contributed by atoms with Crippen molar-refractivity contribution in [3.05, 3.63) is 51.6 Å². The molecule has 2 N–H and O–H groups in total. The summed E-state index contributed by atoms with van der Waals surface area (Å²) < 4.78 is 34.7. The first kappa shape index (κ1) is 18.4. The van der Waals surface area contributed by atoms with E-state index in [1.165, 1.54) is 24.3 Å². The topological polar surface area (TPSA) is 103 Å². The Kier molecular flexibility index (Phi) is 4.56. The standard InChI is InChI=1S/C17H15F2N3O5/c1-9-3-5-12(22(24)25)16(10(9)2)21-15(23)8-20-11-4-6-13-14(7-11)27-17(18,19)26-13/h3-7,20H,8H2,1-2H3,(H,21,23). The Labute approximate surface area is 152 Å². The van der Waals surface area contributed by atoms with Crippen molar-refractivity contribution >= 4 is 23.0 Å². The molecular formula is C17H15F2N3O5. The van der Waals surface area contributed by atoms with Gasteiger partial charge in [-0.2, -0.15) is 0 Å². The number of hydrogen-bond donors (Lipinski definition) is 2. The number of rotatable bonds is 5. The second-order valence-corrected chi connectivity index (χ2v) is 5.89. The fourth-order valence-electron chi connectivity index (χ4n) is 2.54. The lowest BCUT2D eigenvalue weighted by Gasteiger charge is -2.12. The number of carbonyl (C=O) groups excluding carboxylic acids is 1. The molecule has 2 aromatic carbocycles. The smallest absolute Gasteiger partial charge is 0.395 e. The van der Waals surface area contributed by atoms with Crippen LogP contribution in [0.4, 0.5) is 25.8 Å². The molecule has 142 valence electrons. The zero-order valence-electron chi connectivity index (χ0n) is 14.3. The number of fused-ring (bicyclic) bond motifs is 1. The Hall–Kier alpha value is -3.43. The fraction of sp³-hybridized carbons (Fsp3) is 0.235. The van der Waals surface area contributed by atoms with E-state index in [0.717, 1.165) is 5.56 Å². The number of ether oxygens (including phenoxy) is 2. The molecule has 27 heavy (non-hydrogen) atoms. The average Bonchev–Trinajstić information content (AvgIpc) is 2.90. The van der Waals surface area contributed by atoms with Crippen molar-refractivity contribution in [1.82, 2.24) is 0 Å². The van der Waals surface area contributed by atoms with E-state index in [4.69, 9.17) is 0 Å². The Balaban J connectivity index is 1.68. The first-order valence-electron chi connectivity index (χ1n) is 7.84. The number of aryl methyl sites for hydroxylation is 1. The van der Waals surface area contributed by atoms with E-state index in [9.17, 15) is 23.7 Å². The number of nitrogens with zero attached hydrogens (tertiary/aromatic N) is 1. The molecule has 0 aromatic heterocycles. The molecule has 0 radical (unpaired) electrons. The maximum atomic E-state index is 13.0. The molecule has 1 aliphatic rings. The van der Waals surface area contributed by atoms with Crippen LogP contribution in [0.5, 0.6) is 11.5 Å². The van der Waals surface area contributed by atoms with Gasteiger partial charge in [-0.15, -0.1) is 8.78 Å². The fourth-order valence-corrected chi connectivity index (χ4v) is 2.54. The molecule has 0 fully saturated rings. The maximum absolute atomic E-state index is 13.0. The van der Waals surface area contributed by atoms with E-state index in [-0.39, 0.29) is 29.4 Å². The third-order valence-corrected chi connectivity index (χ3v) is 4.03. The molecule has 8 nitrogen and oxygen atoms in total. The highest BCUT2D eigenvalue weighted by Gasteiger charge is 2.43. The van der Waals surface area contributed by atoms with Crippen molar-refractivity contribution in [3.8, 4) is 11.5 Å². The molecule has 0 saturated heterocycles. The summed E-state index contributed by atoms with van der Waals surface area (Å²) >= 11 is 0. The number of halogens is 2. The van der Waals surface area contributed by atoms with Crippen molar-refractivity contribution in [1.29, 1.82) is 0 Å². The summed E-state index contributed by atoms with van der Waals surface area (Å²) in [6.45, 7) is 3.21. The normalized spacial score (nSPS) is 13.9. The monoisotopic (exact) mass is 379 g/mol. The van der Waals surface area contributed by atoms with Gasteiger partial charge in [-0.1, -0.05) is 6.07 Å². The minimum Gasteiger partial charge on any atom is -0.395 e. The number of hydrogen-bond acceptors (Lipinski definition) is 6. The number of nitro benzene ring substituents is 1. The lowest BCUT2D eigenvalue weighted by molar-refractivity contribution is -0.384. The number of carbonyl (C=O) groups is 1. The predicted octanol–water partition coefficient (Wildman–Crippen LogP) is 3.58. The molecule has 0 unspecified atom stereocenters. The Bertz CT molecular complexity index is 933. The van der Waals surface area contributed by atoms with Gasteiger partial charge >= 0.3 is 6.29 Å². The van der Waals surface area contributed by atoms with Gasteiger partial charge in [-0.05, 0) is 37.1 Å². The largest absolute Gasteiger partial charge is 0.586 e. The van der Waals surface area contributed by atoms with Crippen LogP contribution in [-0.4, -0.2) is 23.7 Å². The van der Waals surface area contributed by atoms with E-state index in [2.05, 4.69) is 20.1 Å². The van der Waals surface area contributed by atoms with Gasteiger partial charge in [-0.3, -0.25) is 14.9 Å². The van der Waals surface area contributed by atoms with Crippen LogP contribution in [0.3, 0.4) is 0 Å². The van der Waals surface area contributed by atoms with E-state index in [0.29, 0.717) is 11.3 Å². The van der Waals surface area contributed by atoms with E-state index >= 15 is 0 Å². The molecule has 0 bridgehead atoms. The predicted molar refractivity (Wildman–Crippen MR) is 92.3 cm³/mol.